The minimum absolute atomic E-state index is 0.0435. The van der Waals surface area contributed by atoms with Crippen LogP contribution in [-0.2, 0) is 0 Å². The summed E-state index contributed by atoms with van der Waals surface area (Å²) in [6, 6.07) is 10.8. The number of ether oxygens (including phenoxy) is 1. The summed E-state index contributed by atoms with van der Waals surface area (Å²) in [5, 5.41) is 5.09. The summed E-state index contributed by atoms with van der Waals surface area (Å²) in [4.78, 5) is 19.2. The van der Waals surface area contributed by atoms with Crippen LogP contribution in [0.15, 0.2) is 47.1 Å². The van der Waals surface area contributed by atoms with Crippen LogP contribution in [0.5, 0.6) is 5.88 Å². The molecule has 150 valence electrons. The summed E-state index contributed by atoms with van der Waals surface area (Å²) >= 11 is 12.4. The van der Waals surface area contributed by atoms with Gasteiger partial charge in [-0.05, 0) is 25.1 Å². The van der Waals surface area contributed by atoms with Crippen molar-refractivity contribution in [2.24, 2.45) is 0 Å². The van der Waals surface area contributed by atoms with Gasteiger partial charge in [0, 0.05) is 37.7 Å². The molecule has 1 aromatic carbocycles. The summed E-state index contributed by atoms with van der Waals surface area (Å²) in [6.07, 6.45) is 2.97. The smallest absolute Gasteiger partial charge is 0.259 e. The Hall–Kier alpha value is -2.57. The Morgan fingerprint density at radius 3 is 2.59 bits per heavy atom. The van der Waals surface area contributed by atoms with Crippen LogP contribution < -0.4 is 4.74 Å². The third-order valence-electron chi connectivity index (χ3n) is 4.94. The van der Waals surface area contributed by atoms with Gasteiger partial charge in [0.2, 0.25) is 5.88 Å². The Morgan fingerprint density at radius 2 is 1.86 bits per heavy atom. The molecular formula is C21H19Cl2N3O3. The normalized spacial score (nSPS) is 14.8. The van der Waals surface area contributed by atoms with Gasteiger partial charge in [0.25, 0.3) is 5.91 Å². The van der Waals surface area contributed by atoms with E-state index in [1.54, 1.807) is 36.2 Å². The van der Waals surface area contributed by atoms with Crippen molar-refractivity contribution in [3.05, 3.63) is 64.0 Å². The van der Waals surface area contributed by atoms with Crippen LogP contribution in [0.25, 0.3) is 11.3 Å². The van der Waals surface area contributed by atoms with E-state index < -0.39 is 0 Å². The highest BCUT2D eigenvalue weighted by atomic mass is 35.5. The third-order valence-corrected chi connectivity index (χ3v) is 5.56. The SMILES string of the molecule is Cc1onc(-c2ccccc2Cl)c1C(=O)N1CCC(Oc2ncccc2Cl)CC1. The van der Waals surface area contributed by atoms with Crippen LogP contribution in [0.1, 0.15) is 29.0 Å². The molecule has 1 aliphatic rings. The summed E-state index contributed by atoms with van der Waals surface area (Å²) in [7, 11) is 0. The van der Waals surface area contributed by atoms with E-state index in [1.807, 2.05) is 18.2 Å². The topological polar surface area (TPSA) is 68.5 Å². The minimum atomic E-state index is -0.118. The summed E-state index contributed by atoms with van der Waals surface area (Å²) in [6.45, 7) is 2.85. The summed E-state index contributed by atoms with van der Waals surface area (Å²) < 4.78 is 11.2. The number of carbonyl (C=O) groups excluding carboxylic acids is 1. The maximum absolute atomic E-state index is 13.2. The average Bonchev–Trinajstić information content (AvgIpc) is 3.11. The predicted molar refractivity (Wildman–Crippen MR) is 110 cm³/mol. The van der Waals surface area contributed by atoms with Crippen molar-refractivity contribution in [3.63, 3.8) is 0 Å². The molecule has 4 rings (SSSR count). The van der Waals surface area contributed by atoms with E-state index in [0.29, 0.717) is 64.4 Å². The van der Waals surface area contributed by atoms with Gasteiger partial charge in [0.05, 0.1) is 5.02 Å². The van der Waals surface area contributed by atoms with Crippen molar-refractivity contribution in [1.82, 2.24) is 15.0 Å². The van der Waals surface area contributed by atoms with E-state index in [-0.39, 0.29) is 12.0 Å². The Kier molecular flexibility index (Phi) is 5.74. The molecule has 0 bridgehead atoms. The highest BCUT2D eigenvalue weighted by Gasteiger charge is 2.30. The van der Waals surface area contributed by atoms with Crippen molar-refractivity contribution >= 4 is 29.1 Å². The zero-order valence-electron chi connectivity index (χ0n) is 15.8. The molecule has 0 saturated carbocycles. The van der Waals surface area contributed by atoms with E-state index in [4.69, 9.17) is 32.5 Å². The fraction of sp³-hybridized carbons (Fsp3) is 0.286. The van der Waals surface area contributed by atoms with Gasteiger partial charge in [-0.25, -0.2) is 4.98 Å². The number of halogens is 2. The molecule has 0 aliphatic carbocycles. The number of pyridine rings is 1. The first-order chi connectivity index (χ1) is 14.0. The Morgan fingerprint density at radius 1 is 1.14 bits per heavy atom. The fourth-order valence-corrected chi connectivity index (χ4v) is 3.80. The van der Waals surface area contributed by atoms with Gasteiger partial charge in [0.1, 0.15) is 28.1 Å². The molecule has 0 N–H and O–H groups in total. The summed E-state index contributed by atoms with van der Waals surface area (Å²) in [5.74, 6) is 0.784. The van der Waals surface area contributed by atoms with Crippen molar-refractivity contribution < 1.29 is 14.1 Å². The lowest BCUT2D eigenvalue weighted by molar-refractivity contribution is 0.0587. The van der Waals surface area contributed by atoms with E-state index in [0.717, 1.165) is 0 Å². The highest BCUT2D eigenvalue weighted by Crippen LogP contribution is 2.32. The maximum atomic E-state index is 13.2. The van der Waals surface area contributed by atoms with E-state index in [2.05, 4.69) is 10.1 Å². The zero-order valence-corrected chi connectivity index (χ0v) is 17.3. The monoisotopic (exact) mass is 431 g/mol. The number of hydrogen-bond acceptors (Lipinski definition) is 5. The molecule has 1 fully saturated rings. The molecule has 2 aromatic heterocycles. The average molecular weight is 432 g/mol. The number of likely N-dealkylation sites (tertiary alicyclic amines) is 1. The molecule has 0 atom stereocenters. The van der Waals surface area contributed by atoms with Crippen molar-refractivity contribution in [2.75, 3.05) is 13.1 Å². The number of carbonyl (C=O) groups is 1. The van der Waals surface area contributed by atoms with E-state index >= 15 is 0 Å². The van der Waals surface area contributed by atoms with Gasteiger partial charge in [-0.2, -0.15) is 0 Å². The van der Waals surface area contributed by atoms with Gasteiger partial charge < -0.3 is 14.2 Å². The Balaban J connectivity index is 1.48. The van der Waals surface area contributed by atoms with Crippen LogP contribution in [-0.4, -0.2) is 40.1 Å². The molecule has 3 heterocycles. The molecule has 1 saturated heterocycles. The van der Waals surface area contributed by atoms with Crippen LogP contribution >= 0.6 is 23.2 Å². The standard InChI is InChI=1S/C21H19Cl2N3O3/c1-13-18(19(25-29-13)15-5-2-3-6-16(15)22)21(27)26-11-8-14(9-12-26)28-20-17(23)7-4-10-24-20/h2-7,10,14H,8-9,11-12H2,1H3. The number of piperidine rings is 1. The van der Waals surface area contributed by atoms with Crippen LogP contribution in [0, 0.1) is 6.92 Å². The molecular weight excluding hydrogens is 413 g/mol. The maximum Gasteiger partial charge on any atom is 0.259 e. The molecule has 0 spiro atoms. The molecule has 8 heteroatoms. The fourth-order valence-electron chi connectivity index (χ4n) is 3.41. The number of amides is 1. The van der Waals surface area contributed by atoms with Gasteiger partial charge in [-0.15, -0.1) is 0 Å². The number of hydrogen-bond donors (Lipinski definition) is 0. The molecule has 0 radical (unpaired) electrons. The highest BCUT2D eigenvalue weighted by molar-refractivity contribution is 6.33. The van der Waals surface area contributed by atoms with Gasteiger partial charge in [-0.1, -0.05) is 46.6 Å². The van der Waals surface area contributed by atoms with Gasteiger partial charge in [-0.3, -0.25) is 4.79 Å². The second-order valence-electron chi connectivity index (χ2n) is 6.84. The molecule has 1 amide bonds. The first-order valence-electron chi connectivity index (χ1n) is 9.32. The number of nitrogens with zero attached hydrogens (tertiary/aromatic N) is 3. The van der Waals surface area contributed by atoms with Crippen LogP contribution in [0.4, 0.5) is 0 Å². The first kappa shape index (κ1) is 19.7. The minimum Gasteiger partial charge on any atom is -0.473 e. The molecule has 29 heavy (non-hydrogen) atoms. The Labute approximate surface area is 178 Å². The predicted octanol–water partition coefficient (Wildman–Crippen LogP) is 5.04. The quantitative estimate of drug-likeness (QED) is 0.578. The molecule has 0 unspecified atom stereocenters. The van der Waals surface area contributed by atoms with Crippen molar-refractivity contribution in [1.29, 1.82) is 0 Å². The second kappa shape index (κ2) is 8.43. The summed E-state index contributed by atoms with van der Waals surface area (Å²) in [5.41, 5.74) is 1.60. The van der Waals surface area contributed by atoms with Crippen molar-refractivity contribution in [3.8, 4) is 17.1 Å². The van der Waals surface area contributed by atoms with Crippen LogP contribution in [0.2, 0.25) is 10.0 Å². The number of aromatic nitrogens is 2. The van der Waals surface area contributed by atoms with E-state index in [9.17, 15) is 4.79 Å². The number of aryl methyl sites for hydroxylation is 1. The van der Waals surface area contributed by atoms with Gasteiger partial charge in [0.15, 0.2) is 0 Å². The largest absolute Gasteiger partial charge is 0.473 e. The molecule has 3 aromatic rings. The lowest BCUT2D eigenvalue weighted by Crippen LogP contribution is -2.42. The second-order valence-corrected chi connectivity index (χ2v) is 7.66. The first-order valence-corrected chi connectivity index (χ1v) is 10.1. The lowest BCUT2D eigenvalue weighted by Gasteiger charge is -2.32. The third kappa shape index (κ3) is 4.09. The van der Waals surface area contributed by atoms with Crippen molar-refractivity contribution in [2.45, 2.75) is 25.9 Å². The van der Waals surface area contributed by atoms with E-state index in [1.165, 1.54) is 0 Å². The molecule has 6 nitrogen and oxygen atoms in total. The van der Waals surface area contributed by atoms with Crippen LogP contribution in [0.3, 0.4) is 0 Å². The van der Waals surface area contributed by atoms with Gasteiger partial charge >= 0.3 is 0 Å². The zero-order chi connectivity index (χ0) is 20.4. The lowest BCUT2D eigenvalue weighted by atomic mass is 10.0. The Bertz CT molecular complexity index is 1030. The molecule has 1 aliphatic heterocycles. The number of benzene rings is 1. The number of rotatable bonds is 4.